The number of nitrogens with zero attached hydrogens (tertiary/aromatic N) is 1. The average molecular weight is 277 g/mol. The van der Waals surface area contributed by atoms with Gasteiger partial charge in [-0.2, -0.15) is 0 Å². The van der Waals surface area contributed by atoms with Crippen LogP contribution in [0.2, 0.25) is 0 Å². The highest BCUT2D eigenvalue weighted by Gasteiger charge is 2.07. The first-order valence-electron chi connectivity index (χ1n) is 7.31. The van der Waals surface area contributed by atoms with Gasteiger partial charge in [0, 0.05) is 23.7 Å². The molecule has 0 atom stereocenters. The average Bonchev–Trinajstić information content (AvgIpc) is 2.91. The molecule has 3 rings (SSSR count). The zero-order chi connectivity index (χ0) is 14.8. The number of fused-ring (bicyclic) bond motifs is 1. The number of aldehydes is 1. The fourth-order valence-electron chi connectivity index (χ4n) is 2.72. The third kappa shape index (κ3) is 2.62. The number of para-hydroxylation sites is 1. The Balaban J connectivity index is 1.96. The zero-order valence-electron chi connectivity index (χ0n) is 12.4. The highest BCUT2D eigenvalue weighted by atomic mass is 16.1. The van der Waals surface area contributed by atoms with Crippen molar-refractivity contribution < 1.29 is 4.79 Å². The van der Waals surface area contributed by atoms with Crippen molar-refractivity contribution in [2.75, 3.05) is 0 Å². The van der Waals surface area contributed by atoms with Crippen LogP contribution in [-0.2, 0) is 6.54 Å². The van der Waals surface area contributed by atoms with Crippen LogP contribution in [0.1, 0.15) is 41.3 Å². The Bertz CT molecular complexity index is 766. The first-order chi connectivity index (χ1) is 10.2. The van der Waals surface area contributed by atoms with Gasteiger partial charge < -0.3 is 4.57 Å². The molecule has 0 N–H and O–H groups in total. The Morgan fingerprint density at radius 1 is 1.05 bits per heavy atom. The van der Waals surface area contributed by atoms with Crippen molar-refractivity contribution in [2.45, 2.75) is 26.3 Å². The first kappa shape index (κ1) is 13.6. The molecule has 0 fully saturated rings. The van der Waals surface area contributed by atoms with E-state index in [0.29, 0.717) is 5.92 Å². The van der Waals surface area contributed by atoms with Crippen molar-refractivity contribution in [2.24, 2.45) is 0 Å². The second-order valence-electron chi connectivity index (χ2n) is 5.74. The topological polar surface area (TPSA) is 22.0 Å². The normalized spacial score (nSPS) is 11.2. The molecular formula is C19H19NO. The Labute approximate surface area is 125 Å². The third-order valence-electron chi connectivity index (χ3n) is 3.95. The van der Waals surface area contributed by atoms with Gasteiger partial charge in [0.1, 0.15) is 0 Å². The maximum absolute atomic E-state index is 11.2. The van der Waals surface area contributed by atoms with Gasteiger partial charge in [-0.15, -0.1) is 0 Å². The van der Waals surface area contributed by atoms with E-state index in [4.69, 9.17) is 0 Å². The number of rotatable bonds is 4. The Morgan fingerprint density at radius 2 is 1.81 bits per heavy atom. The number of carbonyl (C=O) groups is 1. The van der Waals surface area contributed by atoms with E-state index in [1.807, 2.05) is 24.4 Å². The fourth-order valence-corrected chi connectivity index (χ4v) is 2.72. The van der Waals surface area contributed by atoms with Gasteiger partial charge in [0.25, 0.3) is 0 Å². The molecule has 0 amide bonds. The maximum atomic E-state index is 11.2. The monoisotopic (exact) mass is 277 g/mol. The highest BCUT2D eigenvalue weighted by Crippen LogP contribution is 2.21. The molecule has 1 heterocycles. The van der Waals surface area contributed by atoms with Crippen molar-refractivity contribution in [3.63, 3.8) is 0 Å². The van der Waals surface area contributed by atoms with Gasteiger partial charge >= 0.3 is 0 Å². The molecule has 2 aromatic carbocycles. The SMILES string of the molecule is CC(C)c1ccc(Cn2ccc3cccc(C=O)c32)cc1. The van der Waals surface area contributed by atoms with Crippen molar-refractivity contribution in [1.82, 2.24) is 4.57 Å². The van der Waals surface area contributed by atoms with Crippen LogP contribution in [0, 0.1) is 0 Å². The molecule has 0 bridgehead atoms. The highest BCUT2D eigenvalue weighted by molar-refractivity contribution is 5.96. The summed E-state index contributed by atoms with van der Waals surface area (Å²) in [6, 6.07) is 16.6. The van der Waals surface area contributed by atoms with Crippen LogP contribution >= 0.6 is 0 Å². The van der Waals surface area contributed by atoms with Crippen LogP contribution in [0.25, 0.3) is 10.9 Å². The zero-order valence-corrected chi connectivity index (χ0v) is 12.4. The second-order valence-corrected chi connectivity index (χ2v) is 5.74. The van der Waals surface area contributed by atoms with E-state index in [9.17, 15) is 4.79 Å². The Hall–Kier alpha value is -2.35. The lowest BCUT2D eigenvalue weighted by atomic mass is 10.0. The van der Waals surface area contributed by atoms with E-state index in [2.05, 4.69) is 48.7 Å². The number of benzene rings is 2. The molecule has 0 saturated heterocycles. The van der Waals surface area contributed by atoms with E-state index < -0.39 is 0 Å². The number of aromatic nitrogens is 1. The Morgan fingerprint density at radius 3 is 2.48 bits per heavy atom. The van der Waals surface area contributed by atoms with Gasteiger partial charge in [-0.25, -0.2) is 0 Å². The van der Waals surface area contributed by atoms with Gasteiger partial charge in [-0.1, -0.05) is 50.2 Å². The van der Waals surface area contributed by atoms with Crippen LogP contribution in [0.15, 0.2) is 54.7 Å². The minimum atomic E-state index is 0.549. The van der Waals surface area contributed by atoms with Crippen LogP contribution in [0.4, 0.5) is 0 Å². The molecule has 21 heavy (non-hydrogen) atoms. The molecule has 0 radical (unpaired) electrons. The summed E-state index contributed by atoms with van der Waals surface area (Å²) in [7, 11) is 0. The molecule has 2 nitrogen and oxygen atoms in total. The summed E-state index contributed by atoms with van der Waals surface area (Å²) in [5.74, 6) is 0.549. The summed E-state index contributed by atoms with van der Waals surface area (Å²) in [5, 5.41) is 1.11. The van der Waals surface area contributed by atoms with Gasteiger partial charge in [0.15, 0.2) is 6.29 Å². The lowest BCUT2D eigenvalue weighted by molar-refractivity contribution is 0.112. The molecule has 106 valence electrons. The number of hydrogen-bond donors (Lipinski definition) is 0. The predicted molar refractivity (Wildman–Crippen MR) is 87.0 cm³/mol. The largest absolute Gasteiger partial charge is 0.342 e. The minimum Gasteiger partial charge on any atom is -0.342 e. The molecule has 3 aromatic rings. The fraction of sp³-hybridized carbons (Fsp3) is 0.211. The molecule has 0 spiro atoms. The Kier molecular flexibility index (Phi) is 3.61. The van der Waals surface area contributed by atoms with Crippen LogP contribution in [-0.4, -0.2) is 10.9 Å². The van der Waals surface area contributed by atoms with Crippen LogP contribution < -0.4 is 0 Å². The lowest BCUT2D eigenvalue weighted by Crippen LogP contribution is -2.00. The molecular weight excluding hydrogens is 258 g/mol. The molecule has 0 aliphatic heterocycles. The van der Waals surface area contributed by atoms with Gasteiger partial charge in [-0.3, -0.25) is 4.79 Å². The van der Waals surface area contributed by atoms with Crippen molar-refractivity contribution in [3.05, 3.63) is 71.4 Å². The summed E-state index contributed by atoms with van der Waals surface area (Å²) in [4.78, 5) is 11.2. The summed E-state index contributed by atoms with van der Waals surface area (Å²) in [6.45, 7) is 5.18. The smallest absolute Gasteiger partial charge is 0.152 e. The van der Waals surface area contributed by atoms with E-state index in [0.717, 1.165) is 29.3 Å². The van der Waals surface area contributed by atoms with Crippen molar-refractivity contribution >= 4 is 17.2 Å². The summed E-state index contributed by atoms with van der Waals surface area (Å²) >= 11 is 0. The molecule has 1 aromatic heterocycles. The quantitative estimate of drug-likeness (QED) is 0.637. The molecule has 0 saturated carbocycles. The van der Waals surface area contributed by atoms with Gasteiger partial charge in [0.2, 0.25) is 0 Å². The van der Waals surface area contributed by atoms with E-state index >= 15 is 0 Å². The minimum absolute atomic E-state index is 0.549. The predicted octanol–water partition coefficient (Wildman–Crippen LogP) is 4.63. The summed E-state index contributed by atoms with van der Waals surface area (Å²) in [5.41, 5.74) is 4.36. The van der Waals surface area contributed by atoms with Gasteiger partial charge in [0.05, 0.1) is 5.52 Å². The van der Waals surface area contributed by atoms with Gasteiger partial charge in [-0.05, 0) is 29.2 Å². The maximum Gasteiger partial charge on any atom is 0.152 e. The molecule has 2 heteroatoms. The first-order valence-corrected chi connectivity index (χ1v) is 7.31. The van der Waals surface area contributed by atoms with Crippen molar-refractivity contribution in [1.29, 1.82) is 0 Å². The van der Waals surface area contributed by atoms with E-state index in [1.54, 1.807) is 0 Å². The molecule has 0 aliphatic rings. The molecule has 0 unspecified atom stereocenters. The number of carbonyl (C=O) groups excluding carboxylic acids is 1. The lowest BCUT2D eigenvalue weighted by Gasteiger charge is -2.09. The van der Waals surface area contributed by atoms with E-state index in [1.165, 1.54) is 11.1 Å². The molecule has 0 aliphatic carbocycles. The van der Waals surface area contributed by atoms with Crippen molar-refractivity contribution in [3.8, 4) is 0 Å². The van der Waals surface area contributed by atoms with Crippen LogP contribution in [0.5, 0.6) is 0 Å². The van der Waals surface area contributed by atoms with E-state index in [-0.39, 0.29) is 0 Å². The second kappa shape index (κ2) is 5.57. The van der Waals surface area contributed by atoms with Crippen LogP contribution in [0.3, 0.4) is 0 Å². The third-order valence-corrected chi connectivity index (χ3v) is 3.95. The summed E-state index contributed by atoms with van der Waals surface area (Å²) < 4.78 is 2.14. The number of hydrogen-bond acceptors (Lipinski definition) is 1. The summed E-state index contributed by atoms with van der Waals surface area (Å²) in [6.07, 6.45) is 2.98. The standard InChI is InChI=1S/C19H19NO/c1-14(2)16-8-6-15(7-9-16)12-20-11-10-17-4-3-5-18(13-21)19(17)20/h3-11,13-14H,12H2,1-2H3.